The van der Waals surface area contributed by atoms with Crippen LogP contribution in [0.25, 0.3) is 0 Å². The average molecular weight is 449 g/mol. The molecule has 0 spiro atoms. The maximum Gasteiger partial charge on any atom is 0.261 e. The van der Waals surface area contributed by atoms with Gasteiger partial charge < -0.3 is 5.32 Å². The van der Waals surface area contributed by atoms with Gasteiger partial charge in [-0.3, -0.25) is 4.72 Å². The molecule has 0 amide bonds. The van der Waals surface area contributed by atoms with Crippen LogP contribution in [0.15, 0.2) is 77.7 Å². The summed E-state index contributed by atoms with van der Waals surface area (Å²) in [5, 5.41) is 3.57. The lowest BCUT2D eigenvalue weighted by Crippen LogP contribution is -2.29. The summed E-state index contributed by atoms with van der Waals surface area (Å²) in [4.78, 5) is 0.246. The number of hydrogen-bond donors (Lipinski definition) is 2. The second kappa shape index (κ2) is 7.78. The van der Waals surface area contributed by atoms with E-state index in [1.807, 2.05) is 44.2 Å². The second-order valence-electron chi connectivity index (χ2n) is 8.68. The fourth-order valence-electron chi connectivity index (χ4n) is 4.76. The lowest BCUT2D eigenvalue weighted by atomic mass is 9.77. The van der Waals surface area contributed by atoms with Crippen molar-refractivity contribution in [3.8, 4) is 0 Å². The standard InChI is InChI=1S/C26H25FN2O2S/c1-16-6-11-20(14-17(16)2)29-32(30,31)21-12-13-25-24(15-21)22-4-3-5-23(22)26(28-25)18-7-9-19(27)10-8-18/h3-4,6-15,22-23,26,28-29H,5H2,1-2H3. The van der Waals surface area contributed by atoms with Gasteiger partial charge in [0.25, 0.3) is 10.0 Å². The van der Waals surface area contributed by atoms with Crippen molar-refractivity contribution in [3.63, 3.8) is 0 Å². The number of sulfonamides is 1. The average Bonchev–Trinajstić information content (AvgIpc) is 3.26. The zero-order valence-electron chi connectivity index (χ0n) is 18.0. The molecule has 0 saturated carbocycles. The van der Waals surface area contributed by atoms with Crippen LogP contribution in [0.4, 0.5) is 15.8 Å². The van der Waals surface area contributed by atoms with Gasteiger partial charge in [0.1, 0.15) is 5.82 Å². The molecule has 0 aromatic heterocycles. The van der Waals surface area contributed by atoms with E-state index < -0.39 is 10.0 Å². The largest absolute Gasteiger partial charge is 0.378 e. The van der Waals surface area contributed by atoms with Crippen molar-refractivity contribution >= 4 is 21.4 Å². The van der Waals surface area contributed by atoms with Gasteiger partial charge in [0.2, 0.25) is 0 Å². The Labute approximate surface area is 188 Å². The third-order valence-electron chi connectivity index (χ3n) is 6.63. The van der Waals surface area contributed by atoms with Gasteiger partial charge in [-0.05, 0) is 90.9 Å². The number of nitrogens with one attached hydrogen (secondary N) is 2. The molecule has 1 aliphatic heterocycles. The Morgan fingerprint density at radius 3 is 2.50 bits per heavy atom. The van der Waals surface area contributed by atoms with Gasteiger partial charge in [0, 0.05) is 17.3 Å². The first kappa shape index (κ1) is 20.8. The van der Waals surface area contributed by atoms with Crippen LogP contribution < -0.4 is 10.0 Å². The van der Waals surface area contributed by atoms with E-state index in [1.165, 1.54) is 12.1 Å². The Bertz CT molecular complexity index is 1320. The molecule has 164 valence electrons. The molecule has 6 heteroatoms. The van der Waals surface area contributed by atoms with Crippen LogP contribution >= 0.6 is 0 Å². The minimum Gasteiger partial charge on any atom is -0.378 e. The zero-order chi connectivity index (χ0) is 22.5. The van der Waals surface area contributed by atoms with Crippen molar-refractivity contribution in [2.75, 3.05) is 10.0 Å². The molecule has 0 bridgehead atoms. The number of aryl methyl sites for hydroxylation is 2. The van der Waals surface area contributed by atoms with Gasteiger partial charge in [-0.2, -0.15) is 0 Å². The van der Waals surface area contributed by atoms with E-state index in [1.54, 1.807) is 18.2 Å². The molecule has 4 nitrogen and oxygen atoms in total. The number of hydrogen-bond acceptors (Lipinski definition) is 3. The first-order valence-electron chi connectivity index (χ1n) is 10.7. The Morgan fingerprint density at radius 2 is 1.75 bits per heavy atom. The van der Waals surface area contributed by atoms with Crippen molar-refractivity contribution in [3.05, 3.63) is 101 Å². The van der Waals surface area contributed by atoms with Gasteiger partial charge in [-0.1, -0.05) is 30.4 Å². The summed E-state index contributed by atoms with van der Waals surface area (Å²) in [6.45, 7) is 3.96. The molecule has 0 radical (unpaired) electrons. The molecular formula is C26H25FN2O2S. The maximum absolute atomic E-state index is 13.4. The smallest absolute Gasteiger partial charge is 0.261 e. The van der Waals surface area contributed by atoms with Gasteiger partial charge in [-0.25, -0.2) is 12.8 Å². The van der Waals surface area contributed by atoms with E-state index in [2.05, 4.69) is 22.2 Å². The van der Waals surface area contributed by atoms with Crippen LogP contribution in [0.3, 0.4) is 0 Å². The molecule has 3 unspecified atom stereocenters. The Balaban J connectivity index is 1.48. The van der Waals surface area contributed by atoms with Crippen LogP contribution in [0.2, 0.25) is 0 Å². The summed E-state index contributed by atoms with van der Waals surface area (Å²) in [6.07, 6.45) is 5.20. The highest BCUT2D eigenvalue weighted by Gasteiger charge is 2.38. The first-order chi connectivity index (χ1) is 15.3. The summed E-state index contributed by atoms with van der Waals surface area (Å²) >= 11 is 0. The molecule has 32 heavy (non-hydrogen) atoms. The molecule has 0 saturated heterocycles. The summed E-state index contributed by atoms with van der Waals surface area (Å²) in [5.41, 5.74) is 5.62. The molecular weight excluding hydrogens is 423 g/mol. The lowest BCUT2D eigenvalue weighted by molar-refractivity contribution is 0.424. The van der Waals surface area contributed by atoms with Gasteiger partial charge in [0.15, 0.2) is 0 Å². The minimum absolute atomic E-state index is 0.0409. The number of fused-ring (bicyclic) bond motifs is 3. The fraction of sp³-hybridized carbons (Fsp3) is 0.231. The minimum atomic E-state index is -3.72. The Morgan fingerprint density at radius 1 is 0.969 bits per heavy atom. The second-order valence-corrected chi connectivity index (χ2v) is 10.4. The monoisotopic (exact) mass is 448 g/mol. The van der Waals surface area contributed by atoms with E-state index in [4.69, 9.17) is 0 Å². The Hall–Kier alpha value is -3.12. The first-order valence-corrected chi connectivity index (χ1v) is 12.2. The Kier molecular flexibility index (Phi) is 5.05. The molecule has 3 aromatic carbocycles. The highest BCUT2D eigenvalue weighted by atomic mass is 32.2. The molecule has 0 fully saturated rings. The number of allylic oxidation sites excluding steroid dienone is 2. The van der Waals surface area contributed by atoms with Crippen molar-refractivity contribution in [2.24, 2.45) is 5.92 Å². The SMILES string of the molecule is Cc1ccc(NS(=O)(=O)c2ccc3c(c2)C2C=CCC2C(c2ccc(F)cc2)N3)cc1C. The van der Waals surface area contributed by atoms with E-state index >= 15 is 0 Å². The molecule has 1 heterocycles. The maximum atomic E-state index is 13.4. The summed E-state index contributed by atoms with van der Waals surface area (Å²) in [5.74, 6) is 0.105. The molecule has 3 aromatic rings. The number of halogens is 1. The number of anilines is 2. The van der Waals surface area contributed by atoms with Crippen LogP contribution in [-0.2, 0) is 10.0 Å². The van der Waals surface area contributed by atoms with Crippen LogP contribution in [0, 0.1) is 25.6 Å². The normalized spacial score (nSPS) is 21.5. The predicted molar refractivity (Wildman–Crippen MR) is 126 cm³/mol. The van der Waals surface area contributed by atoms with E-state index in [0.717, 1.165) is 34.4 Å². The van der Waals surface area contributed by atoms with Gasteiger partial charge >= 0.3 is 0 Å². The van der Waals surface area contributed by atoms with Crippen molar-refractivity contribution < 1.29 is 12.8 Å². The van der Waals surface area contributed by atoms with Crippen molar-refractivity contribution in [2.45, 2.75) is 37.1 Å². The van der Waals surface area contributed by atoms with E-state index in [0.29, 0.717) is 5.69 Å². The molecule has 2 N–H and O–H groups in total. The highest BCUT2D eigenvalue weighted by Crippen LogP contribution is 2.50. The molecule has 3 atom stereocenters. The summed E-state index contributed by atoms with van der Waals surface area (Å²) < 4.78 is 42.3. The van der Waals surface area contributed by atoms with Crippen molar-refractivity contribution in [1.29, 1.82) is 0 Å². The van der Waals surface area contributed by atoms with Gasteiger partial charge in [-0.15, -0.1) is 0 Å². The third kappa shape index (κ3) is 3.69. The molecule has 2 aliphatic rings. The quantitative estimate of drug-likeness (QED) is 0.476. The fourth-order valence-corrected chi connectivity index (χ4v) is 5.84. The zero-order valence-corrected chi connectivity index (χ0v) is 18.8. The van der Waals surface area contributed by atoms with Gasteiger partial charge in [0.05, 0.1) is 10.9 Å². The van der Waals surface area contributed by atoms with Crippen LogP contribution in [-0.4, -0.2) is 8.42 Å². The number of benzene rings is 3. The topological polar surface area (TPSA) is 58.2 Å². The predicted octanol–water partition coefficient (Wildman–Crippen LogP) is 6.07. The van der Waals surface area contributed by atoms with Crippen molar-refractivity contribution in [1.82, 2.24) is 0 Å². The number of rotatable bonds is 4. The molecule has 5 rings (SSSR count). The lowest BCUT2D eigenvalue weighted by Gasteiger charge is -2.37. The molecule has 1 aliphatic carbocycles. The van der Waals surface area contributed by atoms with Crippen LogP contribution in [0.5, 0.6) is 0 Å². The van der Waals surface area contributed by atoms with E-state index in [-0.39, 0.29) is 28.6 Å². The van der Waals surface area contributed by atoms with E-state index in [9.17, 15) is 12.8 Å². The van der Waals surface area contributed by atoms with Crippen LogP contribution in [0.1, 0.15) is 40.6 Å². The highest BCUT2D eigenvalue weighted by molar-refractivity contribution is 7.92. The summed E-state index contributed by atoms with van der Waals surface area (Å²) in [6, 6.07) is 17.4. The third-order valence-corrected chi connectivity index (χ3v) is 8.01. The summed E-state index contributed by atoms with van der Waals surface area (Å²) in [7, 11) is -3.72.